The lowest BCUT2D eigenvalue weighted by molar-refractivity contribution is -0.112. The quantitative estimate of drug-likeness (QED) is 0.403. The molecule has 0 amide bonds. The average Bonchev–Trinajstić information content (AvgIpc) is 3.37. The molecule has 2 heteroatoms. The minimum Gasteiger partial charge on any atom is -0.297 e. The third kappa shape index (κ3) is 2.38. The smallest absolute Gasteiger partial charge is 0.166 e. The third-order valence-corrected chi connectivity index (χ3v) is 6.33. The predicted molar refractivity (Wildman–Crippen MR) is 117 cm³/mol. The average molecular weight is 395 g/mol. The Morgan fingerprint density at radius 1 is 0.448 bits per heavy atom. The van der Waals surface area contributed by atoms with Crippen LogP contribution in [0, 0.1) is 0 Å². The van der Waals surface area contributed by atoms with Gasteiger partial charge in [0.2, 0.25) is 0 Å². The van der Waals surface area contributed by atoms with Gasteiger partial charge in [-0.15, -0.1) is 0 Å². The van der Waals surface area contributed by atoms with Gasteiger partial charge in [0.05, 0.1) is 0 Å². The van der Waals surface area contributed by atoms with Gasteiger partial charge in [-0.05, 0) is 34.4 Å². The van der Waals surface area contributed by atoms with Gasteiger partial charge in [-0.2, -0.15) is 0 Å². The summed E-state index contributed by atoms with van der Waals surface area (Å²) in [4.78, 5) is 14.1. The first kappa shape index (κ1) is 17.9. The van der Waals surface area contributed by atoms with E-state index in [4.69, 9.17) is 11.6 Å². The van der Waals surface area contributed by atoms with Crippen LogP contribution in [-0.4, -0.2) is 5.78 Å². The highest BCUT2D eigenvalue weighted by Crippen LogP contribution is 2.68. The summed E-state index contributed by atoms with van der Waals surface area (Å²) in [5.41, 5.74) is 2.42. The van der Waals surface area contributed by atoms with Crippen LogP contribution in [0.4, 0.5) is 0 Å². The van der Waals surface area contributed by atoms with Crippen molar-refractivity contribution in [2.24, 2.45) is 0 Å². The van der Waals surface area contributed by atoms with Crippen molar-refractivity contribution in [3.8, 4) is 0 Å². The molecule has 0 aliphatic heterocycles. The number of benzene rings is 4. The SMILES string of the molecule is O=C1C(c2ccccc2)(c2ccccc2)C1(c1ccccc1)c1ccc(Cl)cc1. The van der Waals surface area contributed by atoms with E-state index in [9.17, 15) is 4.79 Å². The molecule has 29 heavy (non-hydrogen) atoms. The minimum absolute atomic E-state index is 0.191. The van der Waals surface area contributed by atoms with Crippen LogP contribution in [0.5, 0.6) is 0 Å². The molecule has 0 bridgehead atoms. The first-order valence-corrected chi connectivity index (χ1v) is 10.1. The maximum Gasteiger partial charge on any atom is 0.166 e. The molecule has 140 valence electrons. The predicted octanol–water partition coefficient (Wildman–Crippen LogP) is 6.20. The third-order valence-electron chi connectivity index (χ3n) is 6.08. The van der Waals surface area contributed by atoms with Crippen LogP contribution in [0.1, 0.15) is 22.3 Å². The number of hydrogen-bond donors (Lipinski definition) is 0. The second-order valence-corrected chi connectivity index (χ2v) is 7.87. The second-order valence-electron chi connectivity index (χ2n) is 7.43. The van der Waals surface area contributed by atoms with Crippen LogP contribution in [0.15, 0.2) is 115 Å². The van der Waals surface area contributed by atoms with Crippen LogP contribution >= 0.6 is 11.6 Å². The largest absolute Gasteiger partial charge is 0.297 e. The van der Waals surface area contributed by atoms with Gasteiger partial charge in [-0.25, -0.2) is 0 Å². The first-order valence-electron chi connectivity index (χ1n) is 9.70. The van der Waals surface area contributed by atoms with Crippen molar-refractivity contribution in [3.63, 3.8) is 0 Å². The van der Waals surface area contributed by atoms with Crippen LogP contribution < -0.4 is 0 Å². The summed E-state index contributed by atoms with van der Waals surface area (Å²) in [6.07, 6.45) is 0. The van der Waals surface area contributed by atoms with E-state index in [0.29, 0.717) is 5.02 Å². The molecular weight excluding hydrogens is 376 g/mol. The standard InChI is InChI=1S/C27H19ClO/c28-24-18-16-23(17-19-24)27(22-14-8-3-9-15-22)25(29)26(27,20-10-4-1-5-11-20)21-12-6-2-7-13-21/h1-19H. The lowest BCUT2D eigenvalue weighted by Gasteiger charge is -2.25. The van der Waals surface area contributed by atoms with Crippen molar-refractivity contribution in [1.29, 1.82) is 0 Å². The van der Waals surface area contributed by atoms with Gasteiger partial charge in [0.1, 0.15) is 10.8 Å². The number of carbonyl (C=O) groups is 1. The van der Waals surface area contributed by atoms with Gasteiger partial charge >= 0.3 is 0 Å². The van der Waals surface area contributed by atoms with E-state index in [1.807, 2.05) is 78.9 Å². The molecule has 0 heterocycles. The molecule has 1 unspecified atom stereocenters. The van der Waals surface area contributed by atoms with Gasteiger partial charge in [0, 0.05) is 5.02 Å². The van der Waals surface area contributed by atoms with Gasteiger partial charge < -0.3 is 0 Å². The number of carbonyl (C=O) groups excluding carboxylic acids is 1. The topological polar surface area (TPSA) is 17.1 Å². The minimum atomic E-state index is -0.790. The molecule has 0 N–H and O–H groups in total. The zero-order chi connectivity index (χ0) is 19.9. The lowest BCUT2D eigenvalue weighted by Crippen LogP contribution is -2.25. The summed E-state index contributed by atoms with van der Waals surface area (Å²) in [6.45, 7) is 0. The Morgan fingerprint density at radius 2 is 0.759 bits per heavy atom. The van der Waals surface area contributed by atoms with Gasteiger partial charge in [0.25, 0.3) is 0 Å². The van der Waals surface area contributed by atoms with Crippen molar-refractivity contribution in [3.05, 3.63) is 143 Å². The highest BCUT2D eigenvalue weighted by molar-refractivity contribution is 6.30. The van der Waals surface area contributed by atoms with Crippen LogP contribution in [-0.2, 0) is 15.6 Å². The number of halogens is 1. The van der Waals surface area contributed by atoms with Crippen molar-refractivity contribution >= 4 is 17.4 Å². The lowest BCUT2D eigenvalue weighted by atomic mass is 9.74. The monoisotopic (exact) mass is 394 g/mol. The van der Waals surface area contributed by atoms with E-state index < -0.39 is 10.8 Å². The number of ketones is 1. The first-order chi connectivity index (χ1) is 14.2. The molecule has 0 aromatic heterocycles. The highest BCUT2D eigenvalue weighted by Gasteiger charge is 2.79. The van der Waals surface area contributed by atoms with E-state index in [1.165, 1.54) is 0 Å². The van der Waals surface area contributed by atoms with Crippen LogP contribution in [0.2, 0.25) is 5.02 Å². The Kier molecular flexibility index (Phi) is 4.15. The maximum atomic E-state index is 14.1. The molecule has 1 nitrogen and oxygen atoms in total. The van der Waals surface area contributed by atoms with Crippen molar-refractivity contribution in [2.75, 3.05) is 0 Å². The molecule has 1 atom stereocenters. The second kappa shape index (κ2) is 6.72. The normalized spacial score (nSPS) is 19.7. The molecule has 4 aromatic carbocycles. The molecule has 1 aliphatic rings. The summed E-state index contributed by atoms with van der Waals surface area (Å²) in [6, 6.07) is 38.0. The number of Topliss-reactive ketones (excluding diaryl/α,β-unsaturated/α-hetero) is 1. The molecule has 0 saturated heterocycles. The Bertz CT molecular complexity index is 1110. The fourth-order valence-electron chi connectivity index (χ4n) is 4.87. The van der Waals surface area contributed by atoms with Crippen molar-refractivity contribution in [2.45, 2.75) is 10.8 Å². The summed E-state index contributed by atoms with van der Waals surface area (Å²) in [5, 5.41) is 0.662. The number of hydrogen-bond acceptors (Lipinski definition) is 1. The molecule has 0 spiro atoms. The Morgan fingerprint density at radius 3 is 1.10 bits per heavy atom. The zero-order valence-electron chi connectivity index (χ0n) is 15.8. The Hall–Kier alpha value is -3.16. The molecule has 0 radical (unpaired) electrons. The number of rotatable bonds is 4. The molecule has 1 aliphatic carbocycles. The van der Waals surface area contributed by atoms with Gasteiger partial charge in [-0.1, -0.05) is 115 Å². The Labute approximate surface area is 175 Å². The molecule has 5 rings (SSSR count). The summed E-state index contributed by atoms with van der Waals surface area (Å²) >= 11 is 6.18. The highest BCUT2D eigenvalue weighted by atomic mass is 35.5. The van der Waals surface area contributed by atoms with Crippen LogP contribution in [0.25, 0.3) is 0 Å². The maximum absolute atomic E-state index is 14.1. The molecule has 1 fully saturated rings. The molecule has 1 saturated carbocycles. The van der Waals surface area contributed by atoms with E-state index in [2.05, 4.69) is 36.4 Å². The van der Waals surface area contributed by atoms with Crippen molar-refractivity contribution in [1.82, 2.24) is 0 Å². The van der Waals surface area contributed by atoms with Gasteiger partial charge in [0.15, 0.2) is 5.78 Å². The van der Waals surface area contributed by atoms with E-state index >= 15 is 0 Å². The fraction of sp³-hybridized carbons (Fsp3) is 0.0741. The summed E-state index contributed by atoms with van der Waals surface area (Å²) in [7, 11) is 0. The van der Waals surface area contributed by atoms with Crippen LogP contribution in [0.3, 0.4) is 0 Å². The summed E-state index contributed by atoms with van der Waals surface area (Å²) < 4.78 is 0. The van der Waals surface area contributed by atoms with Gasteiger partial charge in [-0.3, -0.25) is 4.79 Å². The van der Waals surface area contributed by atoms with E-state index in [-0.39, 0.29) is 5.78 Å². The molecule has 4 aromatic rings. The zero-order valence-corrected chi connectivity index (χ0v) is 16.5. The fourth-order valence-corrected chi connectivity index (χ4v) is 4.99. The molecular formula is C27H19ClO. The Balaban J connectivity index is 1.88. The van der Waals surface area contributed by atoms with E-state index in [0.717, 1.165) is 22.3 Å². The van der Waals surface area contributed by atoms with E-state index in [1.54, 1.807) is 0 Å². The summed E-state index contributed by atoms with van der Waals surface area (Å²) in [5.74, 6) is 0.191. The van der Waals surface area contributed by atoms with Crippen molar-refractivity contribution < 1.29 is 4.79 Å².